The standard InChI is InChI=1S/C17H28N2O/c1-3-13-7-5-9-15(11-13)20-17(16(18)4-2)14-8-6-10-19-12-14/h6,8,10,12-13,15-17H,3-5,7,9,11,18H2,1-2H3. The molecule has 2 rings (SSSR count). The number of nitrogens with two attached hydrogens (primary N) is 1. The molecular weight excluding hydrogens is 248 g/mol. The van der Waals surface area contributed by atoms with E-state index in [1.54, 1.807) is 6.20 Å². The summed E-state index contributed by atoms with van der Waals surface area (Å²) in [6.07, 6.45) is 11.2. The Morgan fingerprint density at radius 3 is 2.90 bits per heavy atom. The largest absolute Gasteiger partial charge is 0.369 e. The van der Waals surface area contributed by atoms with Gasteiger partial charge in [0.15, 0.2) is 0 Å². The maximum Gasteiger partial charge on any atom is 0.0994 e. The summed E-state index contributed by atoms with van der Waals surface area (Å²) in [5, 5.41) is 0. The molecule has 3 nitrogen and oxygen atoms in total. The monoisotopic (exact) mass is 276 g/mol. The first-order chi connectivity index (χ1) is 9.74. The average molecular weight is 276 g/mol. The van der Waals surface area contributed by atoms with Gasteiger partial charge in [0.2, 0.25) is 0 Å². The zero-order valence-electron chi connectivity index (χ0n) is 12.8. The Hall–Kier alpha value is -0.930. The van der Waals surface area contributed by atoms with Crippen LogP contribution < -0.4 is 5.73 Å². The molecule has 1 aromatic rings. The summed E-state index contributed by atoms with van der Waals surface area (Å²) >= 11 is 0. The Labute approximate surface area is 122 Å². The second-order valence-corrected chi connectivity index (χ2v) is 5.98. The predicted octanol–water partition coefficient (Wildman–Crippen LogP) is 3.85. The van der Waals surface area contributed by atoms with Crippen molar-refractivity contribution in [1.29, 1.82) is 0 Å². The average Bonchev–Trinajstić information content (AvgIpc) is 2.53. The molecule has 3 heteroatoms. The van der Waals surface area contributed by atoms with Crippen LogP contribution in [-0.4, -0.2) is 17.1 Å². The van der Waals surface area contributed by atoms with Gasteiger partial charge in [0.1, 0.15) is 0 Å². The predicted molar refractivity (Wildman–Crippen MR) is 82.4 cm³/mol. The van der Waals surface area contributed by atoms with Gasteiger partial charge >= 0.3 is 0 Å². The van der Waals surface area contributed by atoms with Crippen molar-refractivity contribution in [2.45, 2.75) is 70.6 Å². The Kier molecular flexibility index (Phi) is 5.99. The lowest BCUT2D eigenvalue weighted by Crippen LogP contribution is -2.34. The molecule has 20 heavy (non-hydrogen) atoms. The molecular formula is C17H28N2O. The Morgan fingerprint density at radius 2 is 2.25 bits per heavy atom. The van der Waals surface area contributed by atoms with Crippen LogP contribution in [0.3, 0.4) is 0 Å². The minimum Gasteiger partial charge on any atom is -0.369 e. The SMILES string of the molecule is CCC1CCCC(OC(c2cccnc2)C(N)CC)C1. The van der Waals surface area contributed by atoms with Crippen molar-refractivity contribution in [3.05, 3.63) is 30.1 Å². The lowest BCUT2D eigenvalue weighted by atomic mass is 9.85. The highest BCUT2D eigenvalue weighted by Gasteiger charge is 2.27. The molecule has 0 amide bonds. The first-order valence-electron chi connectivity index (χ1n) is 8.05. The lowest BCUT2D eigenvalue weighted by molar-refractivity contribution is -0.0537. The van der Waals surface area contributed by atoms with Crippen molar-refractivity contribution in [2.75, 3.05) is 0 Å². The van der Waals surface area contributed by atoms with Crippen molar-refractivity contribution in [3.8, 4) is 0 Å². The maximum atomic E-state index is 6.40. The van der Waals surface area contributed by atoms with Crippen LogP contribution in [0.2, 0.25) is 0 Å². The topological polar surface area (TPSA) is 48.1 Å². The number of pyridine rings is 1. The first kappa shape index (κ1) is 15.5. The third-order valence-corrected chi connectivity index (χ3v) is 4.52. The molecule has 0 saturated heterocycles. The van der Waals surface area contributed by atoms with Gasteiger partial charge < -0.3 is 10.5 Å². The van der Waals surface area contributed by atoms with E-state index < -0.39 is 0 Å². The van der Waals surface area contributed by atoms with E-state index in [-0.39, 0.29) is 12.1 Å². The van der Waals surface area contributed by atoms with Crippen molar-refractivity contribution in [2.24, 2.45) is 11.7 Å². The highest BCUT2D eigenvalue weighted by molar-refractivity contribution is 5.14. The fourth-order valence-electron chi connectivity index (χ4n) is 3.13. The van der Waals surface area contributed by atoms with Crippen LogP contribution >= 0.6 is 0 Å². The molecule has 4 atom stereocenters. The van der Waals surface area contributed by atoms with Gasteiger partial charge in [-0.2, -0.15) is 0 Å². The van der Waals surface area contributed by atoms with E-state index in [9.17, 15) is 0 Å². The minimum atomic E-state index is -0.0192. The molecule has 2 N–H and O–H groups in total. The molecule has 0 aliphatic heterocycles. The fraction of sp³-hybridized carbons (Fsp3) is 0.706. The van der Waals surface area contributed by atoms with Crippen LogP contribution in [0.25, 0.3) is 0 Å². The summed E-state index contributed by atoms with van der Waals surface area (Å²) < 4.78 is 6.40. The third-order valence-electron chi connectivity index (χ3n) is 4.52. The summed E-state index contributed by atoms with van der Waals surface area (Å²) in [4.78, 5) is 4.21. The van der Waals surface area contributed by atoms with Crippen LogP contribution in [0.15, 0.2) is 24.5 Å². The molecule has 1 heterocycles. The van der Waals surface area contributed by atoms with E-state index in [0.717, 1.165) is 17.9 Å². The Balaban J connectivity index is 2.04. The molecule has 1 aliphatic rings. The van der Waals surface area contributed by atoms with Gasteiger partial charge in [0.05, 0.1) is 12.2 Å². The maximum absolute atomic E-state index is 6.40. The highest BCUT2D eigenvalue weighted by Crippen LogP contribution is 2.33. The number of hydrogen-bond acceptors (Lipinski definition) is 3. The zero-order chi connectivity index (χ0) is 14.4. The Morgan fingerprint density at radius 1 is 1.40 bits per heavy atom. The number of hydrogen-bond donors (Lipinski definition) is 1. The van der Waals surface area contributed by atoms with Gasteiger partial charge in [-0.25, -0.2) is 0 Å². The smallest absolute Gasteiger partial charge is 0.0994 e. The van der Waals surface area contributed by atoms with Crippen LogP contribution in [0, 0.1) is 5.92 Å². The second-order valence-electron chi connectivity index (χ2n) is 5.98. The van der Waals surface area contributed by atoms with Crippen LogP contribution in [0.4, 0.5) is 0 Å². The van der Waals surface area contributed by atoms with E-state index in [4.69, 9.17) is 10.5 Å². The summed E-state index contributed by atoms with van der Waals surface area (Å²) in [5.74, 6) is 0.821. The van der Waals surface area contributed by atoms with Crippen molar-refractivity contribution >= 4 is 0 Å². The number of aromatic nitrogens is 1. The number of rotatable bonds is 6. The van der Waals surface area contributed by atoms with Crippen molar-refractivity contribution < 1.29 is 4.74 Å². The third kappa shape index (κ3) is 4.03. The molecule has 112 valence electrons. The van der Waals surface area contributed by atoms with E-state index in [1.807, 2.05) is 12.3 Å². The van der Waals surface area contributed by atoms with Crippen LogP contribution in [-0.2, 0) is 4.74 Å². The van der Waals surface area contributed by atoms with Crippen molar-refractivity contribution in [3.63, 3.8) is 0 Å². The van der Waals surface area contributed by atoms with Crippen LogP contribution in [0.5, 0.6) is 0 Å². The highest BCUT2D eigenvalue weighted by atomic mass is 16.5. The van der Waals surface area contributed by atoms with Gasteiger partial charge in [-0.3, -0.25) is 4.98 Å². The Bertz CT molecular complexity index is 382. The van der Waals surface area contributed by atoms with Crippen LogP contribution in [0.1, 0.15) is 64.0 Å². The second kappa shape index (κ2) is 7.75. The summed E-state index contributed by atoms with van der Waals surface area (Å²) in [5.41, 5.74) is 7.39. The van der Waals surface area contributed by atoms with E-state index >= 15 is 0 Å². The van der Waals surface area contributed by atoms with Gasteiger partial charge in [-0.15, -0.1) is 0 Å². The summed E-state index contributed by atoms with van der Waals surface area (Å²) in [6, 6.07) is 4.08. The lowest BCUT2D eigenvalue weighted by Gasteiger charge is -2.33. The van der Waals surface area contributed by atoms with Gasteiger partial charge in [-0.1, -0.05) is 39.2 Å². The minimum absolute atomic E-state index is 0.0192. The fourth-order valence-corrected chi connectivity index (χ4v) is 3.13. The van der Waals surface area contributed by atoms with E-state index in [1.165, 1.54) is 32.1 Å². The molecule has 0 radical (unpaired) electrons. The van der Waals surface area contributed by atoms with Gasteiger partial charge in [0, 0.05) is 24.0 Å². The van der Waals surface area contributed by atoms with Gasteiger partial charge in [0.25, 0.3) is 0 Å². The first-order valence-corrected chi connectivity index (χ1v) is 8.05. The molecule has 1 saturated carbocycles. The molecule has 0 spiro atoms. The van der Waals surface area contributed by atoms with Gasteiger partial charge in [-0.05, 0) is 31.2 Å². The molecule has 0 aromatic carbocycles. The normalized spacial score (nSPS) is 26.1. The number of nitrogens with zero attached hydrogens (tertiary/aromatic N) is 1. The molecule has 1 fully saturated rings. The van der Waals surface area contributed by atoms with Crippen molar-refractivity contribution in [1.82, 2.24) is 4.98 Å². The molecule has 4 unspecified atom stereocenters. The zero-order valence-corrected chi connectivity index (χ0v) is 12.8. The number of ether oxygens (including phenoxy) is 1. The molecule has 0 bridgehead atoms. The summed E-state index contributed by atoms with van der Waals surface area (Å²) in [6.45, 7) is 4.40. The summed E-state index contributed by atoms with van der Waals surface area (Å²) in [7, 11) is 0. The van der Waals surface area contributed by atoms with E-state index in [2.05, 4.69) is 24.9 Å². The quantitative estimate of drug-likeness (QED) is 0.858. The molecule has 1 aromatic heterocycles. The molecule has 1 aliphatic carbocycles. The van der Waals surface area contributed by atoms with E-state index in [0.29, 0.717) is 6.10 Å².